The van der Waals surface area contributed by atoms with Crippen molar-refractivity contribution in [3.63, 3.8) is 0 Å². The van der Waals surface area contributed by atoms with Gasteiger partial charge < -0.3 is 14.9 Å². The summed E-state index contributed by atoms with van der Waals surface area (Å²) in [5, 5.41) is 0.419. The first-order valence-corrected chi connectivity index (χ1v) is 5.66. The Hall–Kier alpha value is -1.78. The smallest absolute Gasteiger partial charge is 0.228 e. The number of ether oxygens (including phenoxy) is 1. The number of anilines is 1. The standard InChI is InChI=1S/C13H12ClNO3/c1-17-7-11-2-3-12(18-11)13(16)8-4-9(14)6-10(15)5-8/h2-6H,7,15H2,1H3. The van der Waals surface area contributed by atoms with Crippen LogP contribution in [0.1, 0.15) is 21.9 Å². The predicted molar refractivity (Wildman–Crippen MR) is 68.7 cm³/mol. The van der Waals surface area contributed by atoms with Crippen LogP contribution >= 0.6 is 11.6 Å². The molecule has 0 amide bonds. The van der Waals surface area contributed by atoms with Gasteiger partial charge in [-0.1, -0.05) is 11.6 Å². The van der Waals surface area contributed by atoms with Crippen molar-refractivity contribution in [2.75, 3.05) is 12.8 Å². The summed E-state index contributed by atoms with van der Waals surface area (Å²) in [6.45, 7) is 0.324. The van der Waals surface area contributed by atoms with Crippen LogP contribution in [0.4, 0.5) is 5.69 Å². The Labute approximate surface area is 109 Å². The Kier molecular flexibility index (Phi) is 3.69. The first-order chi connectivity index (χ1) is 8.60. The maximum absolute atomic E-state index is 12.1. The average molecular weight is 266 g/mol. The molecule has 0 saturated heterocycles. The molecular weight excluding hydrogens is 254 g/mol. The first kappa shape index (κ1) is 12.7. The Bertz CT molecular complexity index is 557. The molecule has 0 bridgehead atoms. The van der Waals surface area contributed by atoms with E-state index >= 15 is 0 Å². The van der Waals surface area contributed by atoms with E-state index in [2.05, 4.69) is 0 Å². The molecule has 0 radical (unpaired) electrons. The maximum Gasteiger partial charge on any atom is 0.228 e. The molecule has 0 aliphatic heterocycles. The molecule has 0 saturated carbocycles. The summed E-state index contributed by atoms with van der Waals surface area (Å²) in [5.41, 5.74) is 6.48. The molecule has 1 aromatic carbocycles. The monoisotopic (exact) mass is 265 g/mol. The van der Waals surface area contributed by atoms with Gasteiger partial charge in [0.2, 0.25) is 5.78 Å². The maximum atomic E-state index is 12.1. The van der Waals surface area contributed by atoms with Crippen molar-refractivity contribution >= 4 is 23.1 Å². The zero-order valence-electron chi connectivity index (χ0n) is 9.77. The van der Waals surface area contributed by atoms with Gasteiger partial charge in [-0.2, -0.15) is 0 Å². The molecule has 0 unspecified atom stereocenters. The normalized spacial score (nSPS) is 10.6. The third-order valence-electron chi connectivity index (χ3n) is 2.35. The fourth-order valence-electron chi connectivity index (χ4n) is 1.61. The third-order valence-corrected chi connectivity index (χ3v) is 2.57. The van der Waals surface area contributed by atoms with Crippen molar-refractivity contribution in [3.8, 4) is 0 Å². The number of carbonyl (C=O) groups excluding carboxylic acids is 1. The van der Waals surface area contributed by atoms with Gasteiger partial charge >= 0.3 is 0 Å². The molecule has 4 nitrogen and oxygen atoms in total. The van der Waals surface area contributed by atoms with Crippen LogP contribution in [0.3, 0.4) is 0 Å². The van der Waals surface area contributed by atoms with Crippen LogP contribution in [0.2, 0.25) is 5.02 Å². The summed E-state index contributed by atoms with van der Waals surface area (Å²) < 4.78 is 10.3. The number of nitrogen functional groups attached to an aromatic ring is 1. The summed E-state index contributed by atoms with van der Waals surface area (Å²) in [5.74, 6) is 0.575. The molecule has 5 heteroatoms. The minimum atomic E-state index is -0.258. The number of hydrogen-bond acceptors (Lipinski definition) is 4. The average Bonchev–Trinajstić information content (AvgIpc) is 2.76. The highest BCUT2D eigenvalue weighted by Crippen LogP contribution is 2.20. The van der Waals surface area contributed by atoms with Gasteiger partial charge in [0.15, 0.2) is 5.76 Å². The van der Waals surface area contributed by atoms with Gasteiger partial charge in [0, 0.05) is 23.4 Å². The Morgan fingerprint density at radius 2 is 2.17 bits per heavy atom. The molecule has 0 fully saturated rings. The fourth-order valence-corrected chi connectivity index (χ4v) is 1.85. The molecule has 0 atom stereocenters. The lowest BCUT2D eigenvalue weighted by atomic mass is 10.1. The molecule has 0 aliphatic rings. The van der Waals surface area contributed by atoms with Crippen molar-refractivity contribution in [3.05, 3.63) is 52.4 Å². The van der Waals surface area contributed by atoms with E-state index in [9.17, 15) is 4.79 Å². The lowest BCUT2D eigenvalue weighted by molar-refractivity contribution is 0.1000. The number of rotatable bonds is 4. The second-order valence-electron chi connectivity index (χ2n) is 3.80. The van der Waals surface area contributed by atoms with Gasteiger partial charge in [0.25, 0.3) is 0 Å². The van der Waals surface area contributed by atoms with Gasteiger partial charge in [-0.25, -0.2) is 0 Å². The van der Waals surface area contributed by atoms with E-state index < -0.39 is 0 Å². The Morgan fingerprint density at radius 3 is 2.83 bits per heavy atom. The molecule has 94 valence electrons. The number of methoxy groups -OCH3 is 1. The molecule has 1 heterocycles. The van der Waals surface area contributed by atoms with Crippen LogP contribution < -0.4 is 5.73 Å². The van der Waals surface area contributed by atoms with Crippen LogP contribution in [0.15, 0.2) is 34.7 Å². The molecular formula is C13H12ClNO3. The zero-order valence-corrected chi connectivity index (χ0v) is 10.5. The number of nitrogens with two attached hydrogens (primary N) is 1. The second kappa shape index (κ2) is 5.25. The summed E-state index contributed by atoms with van der Waals surface area (Å²) in [7, 11) is 1.56. The molecule has 1 aromatic heterocycles. The number of furan rings is 1. The highest BCUT2D eigenvalue weighted by Gasteiger charge is 2.14. The van der Waals surface area contributed by atoms with Crippen molar-refractivity contribution in [1.82, 2.24) is 0 Å². The highest BCUT2D eigenvalue weighted by atomic mass is 35.5. The zero-order chi connectivity index (χ0) is 13.1. The van der Waals surface area contributed by atoms with E-state index in [1.807, 2.05) is 0 Å². The Morgan fingerprint density at radius 1 is 1.39 bits per heavy atom. The van der Waals surface area contributed by atoms with E-state index in [4.69, 9.17) is 26.5 Å². The topological polar surface area (TPSA) is 65.5 Å². The minimum Gasteiger partial charge on any atom is -0.455 e. The number of halogens is 1. The largest absolute Gasteiger partial charge is 0.455 e. The molecule has 0 spiro atoms. The Balaban J connectivity index is 2.29. The molecule has 2 rings (SSSR count). The van der Waals surface area contributed by atoms with Gasteiger partial charge in [-0.15, -0.1) is 0 Å². The number of benzene rings is 1. The van der Waals surface area contributed by atoms with Crippen molar-refractivity contribution < 1.29 is 13.9 Å². The molecule has 0 aliphatic carbocycles. The number of hydrogen-bond donors (Lipinski definition) is 1. The van der Waals surface area contributed by atoms with Crippen LogP contribution in [-0.4, -0.2) is 12.9 Å². The van der Waals surface area contributed by atoms with Gasteiger partial charge in [0.1, 0.15) is 12.4 Å². The summed E-state index contributed by atoms with van der Waals surface area (Å²) in [4.78, 5) is 12.1. The van der Waals surface area contributed by atoms with E-state index in [-0.39, 0.29) is 11.5 Å². The van der Waals surface area contributed by atoms with Crippen LogP contribution in [0.25, 0.3) is 0 Å². The van der Waals surface area contributed by atoms with Crippen molar-refractivity contribution in [2.45, 2.75) is 6.61 Å². The number of ketones is 1. The fraction of sp³-hybridized carbons (Fsp3) is 0.154. The van der Waals surface area contributed by atoms with E-state index in [0.29, 0.717) is 28.6 Å². The van der Waals surface area contributed by atoms with Crippen LogP contribution in [-0.2, 0) is 11.3 Å². The predicted octanol–water partition coefficient (Wildman–Crippen LogP) is 2.89. The molecule has 2 N–H and O–H groups in total. The second-order valence-corrected chi connectivity index (χ2v) is 4.24. The lowest BCUT2D eigenvalue weighted by Crippen LogP contribution is -2.01. The minimum absolute atomic E-state index is 0.240. The highest BCUT2D eigenvalue weighted by molar-refractivity contribution is 6.31. The first-order valence-electron chi connectivity index (χ1n) is 5.28. The summed E-state index contributed by atoms with van der Waals surface area (Å²) >= 11 is 5.85. The van der Waals surface area contributed by atoms with Gasteiger partial charge in [-0.05, 0) is 30.3 Å². The van der Waals surface area contributed by atoms with E-state index in [0.717, 1.165) is 0 Å². The van der Waals surface area contributed by atoms with Gasteiger partial charge in [0.05, 0.1) is 0 Å². The summed E-state index contributed by atoms with van der Waals surface area (Å²) in [6, 6.07) is 8.00. The third kappa shape index (κ3) is 2.72. The quantitative estimate of drug-likeness (QED) is 0.682. The SMILES string of the molecule is COCc1ccc(C(=O)c2cc(N)cc(Cl)c2)o1. The van der Waals surface area contributed by atoms with Crippen molar-refractivity contribution in [2.24, 2.45) is 0 Å². The van der Waals surface area contributed by atoms with E-state index in [1.54, 1.807) is 37.4 Å². The van der Waals surface area contributed by atoms with Crippen LogP contribution in [0, 0.1) is 0 Å². The summed E-state index contributed by atoms with van der Waals surface area (Å²) in [6.07, 6.45) is 0. The molecule has 18 heavy (non-hydrogen) atoms. The van der Waals surface area contributed by atoms with Crippen molar-refractivity contribution in [1.29, 1.82) is 0 Å². The van der Waals surface area contributed by atoms with E-state index in [1.165, 1.54) is 0 Å². The lowest BCUT2D eigenvalue weighted by Gasteiger charge is -2.01. The molecule has 2 aromatic rings. The number of carbonyl (C=O) groups is 1. The van der Waals surface area contributed by atoms with Crippen LogP contribution in [0.5, 0.6) is 0 Å². The van der Waals surface area contributed by atoms with Gasteiger partial charge in [-0.3, -0.25) is 4.79 Å².